The van der Waals surface area contributed by atoms with E-state index in [0.29, 0.717) is 5.56 Å². The van der Waals surface area contributed by atoms with Crippen molar-refractivity contribution >= 4 is 7.12 Å². The quantitative estimate of drug-likeness (QED) is 0.806. The summed E-state index contributed by atoms with van der Waals surface area (Å²) in [6, 6.07) is 4.04. The van der Waals surface area contributed by atoms with Crippen LogP contribution < -0.4 is 5.73 Å². The van der Waals surface area contributed by atoms with Crippen LogP contribution in [-0.2, 0) is 9.31 Å². The lowest BCUT2D eigenvalue weighted by molar-refractivity contribution is 0.00578. The summed E-state index contributed by atoms with van der Waals surface area (Å²) < 4.78 is 25.0. The van der Waals surface area contributed by atoms with Gasteiger partial charge in [-0.05, 0) is 45.4 Å². The molecule has 0 unspecified atom stereocenters. The van der Waals surface area contributed by atoms with E-state index < -0.39 is 35.8 Å². The standard InChI is InChI=1S/C13H19BFNO3/c1-12(2)13(3,4)19-14(18-12)11(16)8-5-6-10(17)9(15)7-8/h5-7,11,17H,16H2,1-4H3/t11-/m1/s1. The van der Waals surface area contributed by atoms with Gasteiger partial charge in [-0.1, -0.05) is 6.07 Å². The maximum Gasteiger partial charge on any atom is 0.480 e. The second-order valence-corrected chi connectivity index (χ2v) is 5.86. The molecule has 1 aliphatic heterocycles. The molecule has 4 nitrogen and oxygen atoms in total. The highest BCUT2D eigenvalue weighted by molar-refractivity contribution is 6.47. The normalized spacial score (nSPS) is 22.5. The van der Waals surface area contributed by atoms with Gasteiger partial charge in [0, 0.05) is 0 Å². The molecule has 0 radical (unpaired) electrons. The first-order valence-electron chi connectivity index (χ1n) is 6.24. The Labute approximate surface area is 112 Å². The van der Waals surface area contributed by atoms with E-state index in [2.05, 4.69) is 0 Å². The summed E-state index contributed by atoms with van der Waals surface area (Å²) in [6.45, 7) is 7.71. The van der Waals surface area contributed by atoms with Crippen LogP contribution in [0.5, 0.6) is 5.75 Å². The van der Waals surface area contributed by atoms with Crippen molar-refractivity contribution in [3.05, 3.63) is 29.6 Å². The number of hydrogen-bond donors (Lipinski definition) is 2. The zero-order valence-electron chi connectivity index (χ0n) is 11.6. The van der Waals surface area contributed by atoms with Crippen molar-refractivity contribution in [2.45, 2.75) is 44.8 Å². The number of nitrogens with two attached hydrogens (primary N) is 1. The second kappa shape index (κ2) is 4.47. The molecule has 0 spiro atoms. The Morgan fingerprint density at radius 1 is 1.21 bits per heavy atom. The molecule has 19 heavy (non-hydrogen) atoms. The molecule has 1 atom stereocenters. The fourth-order valence-electron chi connectivity index (χ4n) is 1.92. The van der Waals surface area contributed by atoms with E-state index in [4.69, 9.17) is 15.0 Å². The summed E-state index contributed by atoms with van der Waals surface area (Å²) in [7, 11) is -0.644. The van der Waals surface area contributed by atoms with Gasteiger partial charge < -0.3 is 20.1 Å². The van der Waals surface area contributed by atoms with Crippen LogP contribution in [-0.4, -0.2) is 23.4 Å². The Hall–Kier alpha value is -1.11. The third-order valence-electron chi connectivity index (χ3n) is 3.92. The SMILES string of the molecule is CC1(C)OB([C@H](N)c2ccc(O)c(F)c2)OC1(C)C. The lowest BCUT2D eigenvalue weighted by Gasteiger charge is -2.32. The molecule has 1 aromatic carbocycles. The zero-order chi connectivity index (χ0) is 14.4. The topological polar surface area (TPSA) is 64.7 Å². The summed E-state index contributed by atoms with van der Waals surface area (Å²) in [4.78, 5) is 0. The predicted octanol–water partition coefficient (Wildman–Crippen LogP) is 2.16. The summed E-state index contributed by atoms with van der Waals surface area (Å²) in [5.74, 6) is -1.72. The molecule has 1 aromatic rings. The van der Waals surface area contributed by atoms with Crippen LogP contribution in [0.2, 0.25) is 0 Å². The Bertz CT molecular complexity index is 477. The summed E-state index contributed by atoms with van der Waals surface area (Å²) in [5, 5.41) is 9.18. The maximum atomic E-state index is 13.3. The Morgan fingerprint density at radius 2 is 1.74 bits per heavy atom. The van der Waals surface area contributed by atoms with Gasteiger partial charge in [0.05, 0.1) is 17.1 Å². The minimum absolute atomic E-state index is 0.398. The van der Waals surface area contributed by atoms with Gasteiger partial charge in [0.2, 0.25) is 0 Å². The van der Waals surface area contributed by atoms with Gasteiger partial charge in [-0.3, -0.25) is 0 Å². The van der Waals surface area contributed by atoms with Gasteiger partial charge in [0.1, 0.15) is 0 Å². The molecule has 0 bridgehead atoms. The average molecular weight is 267 g/mol. The number of benzene rings is 1. The van der Waals surface area contributed by atoms with Crippen LogP contribution in [0, 0.1) is 5.82 Å². The molecule has 0 aliphatic carbocycles. The van der Waals surface area contributed by atoms with Crippen LogP contribution in [0.25, 0.3) is 0 Å². The van der Waals surface area contributed by atoms with Crippen molar-refractivity contribution < 1.29 is 18.8 Å². The number of hydrogen-bond acceptors (Lipinski definition) is 4. The Kier molecular flexibility index (Phi) is 3.37. The van der Waals surface area contributed by atoms with Gasteiger partial charge in [0.15, 0.2) is 11.6 Å². The van der Waals surface area contributed by atoms with Crippen LogP contribution in [0.3, 0.4) is 0 Å². The maximum absolute atomic E-state index is 13.3. The Morgan fingerprint density at radius 3 is 2.21 bits per heavy atom. The monoisotopic (exact) mass is 267 g/mol. The van der Waals surface area contributed by atoms with E-state index >= 15 is 0 Å². The smallest absolute Gasteiger partial charge is 0.480 e. The molecule has 2 rings (SSSR count). The molecule has 104 valence electrons. The number of rotatable bonds is 2. The van der Waals surface area contributed by atoms with Gasteiger partial charge in [0.25, 0.3) is 0 Å². The van der Waals surface area contributed by atoms with Crippen LogP contribution in [0.1, 0.15) is 39.2 Å². The zero-order valence-corrected chi connectivity index (χ0v) is 11.6. The van der Waals surface area contributed by atoms with Crippen LogP contribution >= 0.6 is 0 Å². The van der Waals surface area contributed by atoms with Gasteiger partial charge >= 0.3 is 7.12 Å². The number of phenols is 1. The summed E-state index contributed by atoms with van der Waals surface area (Å²) in [6.07, 6.45) is 0. The minimum Gasteiger partial charge on any atom is -0.505 e. The molecule has 0 aromatic heterocycles. The average Bonchev–Trinajstić information content (AvgIpc) is 2.51. The highest BCUT2D eigenvalue weighted by atomic mass is 19.1. The van der Waals surface area contributed by atoms with E-state index in [0.717, 1.165) is 0 Å². The largest absolute Gasteiger partial charge is 0.505 e. The van der Waals surface area contributed by atoms with Crippen molar-refractivity contribution in [3.8, 4) is 5.75 Å². The number of aromatic hydroxyl groups is 1. The van der Waals surface area contributed by atoms with Crippen molar-refractivity contribution in [2.75, 3.05) is 0 Å². The molecule has 3 N–H and O–H groups in total. The fourth-order valence-corrected chi connectivity index (χ4v) is 1.92. The lowest BCUT2D eigenvalue weighted by atomic mass is 9.75. The van der Waals surface area contributed by atoms with Crippen LogP contribution in [0.4, 0.5) is 4.39 Å². The molecule has 1 saturated heterocycles. The molecular weight excluding hydrogens is 248 g/mol. The molecule has 1 heterocycles. The predicted molar refractivity (Wildman–Crippen MR) is 71.1 cm³/mol. The van der Waals surface area contributed by atoms with Crippen molar-refractivity contribution in [1.82, 2.24) is 0 Å². The molecule has 0 saturated carbocycles. The first-order valence-corrected chi connectivity index (χ1v) is 6.24. The summed E-state index contributed by atoms with van der Waals surface area (Å²) in [5.41, 5.74) is 5.62. The third kappa shape index (κ3) is 2.48. The molecule has 1 aliphatic rings. The van der Waals surface area contributed by atoms with Crippen molar-refractivity contribution in [3.63, 3.8) is 0 Å². The van der Waals surface area contributed by atoms with Gasteiger partial charge in [-0.15, -0.1) is 0 Å². The van der Waals surface area contributed by atoms with E-state index in [9.17, 15) is 9.50 Å². The number of phenolic OH excluding ortho intramolecular Hbond substituents is 1. The second-order valence-electron chi connectivity index (χ2n) is 5.86. The molecular formula is C13H19BFNO3. The first kappa shape index (κ1) is 14.3. The Balaban J connectivity index is 2.22. The highest BCUT2D eigenvalue weighted by Crippen LogP contribution is 2.39. The van der Waals surface area contributed by atoms with E-state index in [-0.39, 0.29) is 0 Å². The van der Waals surface area contributed by atoms with E-state index in [1.165, 1.54) is 12.1 Å². The minimum atomic E-state index is -0.704. The van der Waals surface area contributed by atoms with Crippen molar-refractivity contribution in [2.24, 2.45) is 5.73 Å². The van der Waals surface area contributed by atoms with Gasteiger partial charge in [-0.2, -0.15) is 0 Å². The molecule has 0 amide bonds. The lowest BCUT2D eigenvalue weighted by Crippen LogP contribution is -2.41. The fraction of sp³-hybridized carbons (Fsp3) is 0.538. The van der Waals surface area contributed by atoms with Crippen molar-refractivity contribution in [1.29, 1.82) is 0 Å². The van der Waals surface area contributed by atoms with E-state index in [1.807, 2.05) is 27.7 Å². The first-order chi connectivity index (χ1) is 8.64. The summed E-state index contributed by atoms with van der Waals surface area (Å²) >= 11 is 0. The molecule has 6 heteroatoms. The van der Waals surface area contributed by atoms with Crippen LogP contribution in [0.15, 0.2) is 18.2 Å². The van der Waals surface area contributed by atoms with Gasteiger partial charge in [-0.25, -0.2) is 4.39 Å². The number of halogens is 1. The molecule has 1 fully saturated rings. The highest BCUT2D eigenvalue weighted by Gasteiger charge is 2.53. The third-order valence-corrected chi connectivity index (χ3v) is 3.92. The van der Waals surface area contributed by atoms with E-state index in [1.54, 1.807) is 6.07 Å².